The number of aryl methyl sites for hydroxylation is 4. The Bertz CT molecular complexity index is 1060. The van der Waals surface area contributed by atoms with Gasteiger partial charge in [-0.2, -0.15) is 5.26 Å². The number of hydrogen-bond donors (Lipinski definition) is 1. The molecule has 0 saturated heterocycles. The Hall–Kier alpha value is -2.84. The molecule has 3 aromatic rings. The van der Waals surface area contributed by atoms with E-state index >= 15 is 0 Å². The predicted molar refractivity (Wildman–Crippen MR) is 111 cm³/mol. The summed E-state index contributed by atoms with van der Waals surface area (Å²) < 4.78 is 0. The average Bonchev–Trinajstić information content (AvgIpc) is 2.63. The van der Waals surface area contributed by atoms with E-state index in [0.717, 1.165) is 33.3 Å². The van der Waals surface area contributed by atoms with Crippen LogP contribution in [0.25, 0.3) is 10.9 Å². The summed E-state index contributed by atoms with van der Waals surface area (Å²) in [4.78, 5) is 17.0. The maximum absolute atomic E-state index is 12.4. The molecule has 0 saturated carbocycles. The van der Waals surface area contributed by atoms with Crippen LogP contribution in [0.3, 0.4) is 0 Å². The fourth-order valence-electron chi connectivity index (χ4n) is 2.93. The summed E-state index contributed by atoms with van der Waals surface area (Å²) in [6.45, 7) is 8.03. The smallest absolute Gasteiger partial charge is 0.234 e. The number of fused-ring (bicyclic) bond motifs is 1. The summed E-state index contributed by atoms with van der Waals surface area (Å²) in [5.74, 6) is 0.0921. The van der Waals surface area contributed by atoms with Gasteiger partial charge in [0.2, 0.25) is 5.91 Å². The van der Waals surface area contributed by atoms with Gasteiger partial charge in [0.25, 0.3) is 0 Å². The lowest BCUT2D eigenvalue weighted by atomic mass is 10.1. The molecule has 136 valence electrons. The van der Waals surface area contributed by atoms with Crippen LogP contribution in [0, 0.1) is 39.0 Å². The van der Waals surface area contributed by atoms with Gasteiger partial charge in [0.05, 0.1) is 16.8 Å². The van der Waals surface area contributed by atoms with E-state index in [2.05, 4.69) is 16.4 Å². The first-order valence-corrected chi connectivity index (χ1v) is 9.68. The maximum atomic E-state index is 12.4. The SMILES string of the molecule is Cc1cc2cc(C#N)c(SCC(=O)Nc3c(C)cccc3C)nc2cc1C. The van der Waals surface area contributed by atoms with Crippen molar-refractivity contribution in [2.45, 2.75) is 32.7 Å². The summed E-state index contributed by atoms with van der Waals surface area (Å²) >= 11 is 1.29. The minimum absolute atomic E-state index is 0.108. The maximum Gasteiger partial charge on any atom is 0.234 e. The van der Waals surface area contributed by atoms with Gasteiger partial charge in [-0.05, 0) is 68.1 Å². The molecule has 0 aliphatic carbocycles. The first-order valence-electron chi connectivity index (χ1n) is 8.70. The van der Waals surface area contributed by atoms with E-state index in [1.807, 2.05) is 64.1 Å². The number of anilines is 1. The molecule has 0 aliphatic rings. The van der Waals surface area contributed by atoms with Gasteiger partial charge in [-0.15, -0.1) is 0 Å². The Morgan fingerprint density at radius 2 is 1.74 bits per heavy atom. The van der Waals surface area contributed by atoms with Crippen LogP contribution in [0.1, 0.15) is 27.8 Å². The Morgan fingerprint density at radius 3 is 2.41 bits per heavy atom. The van der Waals surface area contributed by atoms with Crippen LogP contribution in [-0.4, -0.2) is 16.6 Å². The third-order valence-electron chi connectivity index (χ3n) is 4.60. The zero-order chi connectivity index (χ0) is 19.6. The Kier molecular flexibility index (Phi) is 5.48. The van der Waals surface area contributed by atoms with E-state index in [1.54, 1.807) is 0 Å². The fourth-order valence-corrected chi connectivity index (χ4v) is 3.70. The highest BCUT2D eigenvalue weighted by Gasteiger charge is 2.12. The number of nitrogens with one attached hydrogen (secondary N) is 1. The number of amides is 1. The van der Waals surface area contributed by atoms with Gasteiger partial charge >= 0.3 is 0 Å². The summed E-state index contributed by atoms with van der Waals surface area (Å²) in [7, 11) is 0. The molecule has 0 unspecified atom stereocenters. The van der Waals surface area contributed by atoms with Crippen molar-refractivity contribution < 1.29 is 4.79 Å². The van der Waals surface area contributed by atoms with Gasteiger partial charge in [-0.25, -0.2) is 4.98 Å². The molecule has 1 aromatic heterocycles. The highest BCUT2D eigenvalue weighted by molar-refractivity contribution is 8.00. The van der Waals surface area contributed by atoms with E-state index in [0.29, 0.717) is 10.6 Å². The van der Waals surface area contributed by atoms with Crippen molar-refractivity contribution in [2.24, 2.45) is 0 Å². The first kappa shape index (κ1) is 18.9. The number of benzene rings is 2. The number of nitrogens with zero attached hydrogens (tertiary/aromatic N) is 2. The van der Waals surface area contributed by atoms with E-state index < -0.39 is 0 Å². The van der Waals surface area contributed by atoms with Crippen molar-refractivity contribution in [1.29, 1.82) is 5.26 Å². The van der Waals surface area contributed by atoms with Crippen LogP contribution in [-0.2, 0) is 4.79 Å². The van der Waals surface area contributed by atoms with Crippen molar-refractivity contribution in [2.75, 3.05) is 11.1 Å². The molecule has 4 nitrogen and oxygen atoms in total. The second-order valence-electron chi connectivity index (χ2n) is 6.69. The second-order valence-corrected chi connectivity index (χ2v) is 7.65. The molecule has 0 spiro atoms. The number of thioether (sulfide) groups is 1. The van der Waals surface area contributed by atoms with E-state index in [9.17, 15) is 10.1 Å². The molecule has 2 aromatic carbocycles. The van der Waals surface area contributed by atoms with Gasteiger partial charge in [-0.1, -0.05) is 30.0 Å². The standard InChI is InChI=1S/C22H21N3OS/c1-13-6-5-7-14(2)21(13)25-20(26)12-27-22-18(11-23)10-17-8-15(3)16(4)9-19(17)24-22/h5-10H,12H2,1-4H3,(H,25,26). The lowest BCUT2D eigenvalue weighted by molar-refractivity contribution is -0.113. The van der Waals surface area contributed by atoms with Crippen LogP contribution in [0.5, 0.6) is 0 Å². The van der Waals surface area contributed by atoms with Gasteiger partial charge < -0.3 is 5.32 Å². The molecule has 1 N–H and O–H groups in total. The summed E-state index contributed by atoms with van der Waals surface area (Å²) in [5, 5.41) is 14.0. The van der Waals surface area contributed by atoms with Gasteiger partial charge in [0, 0.05) is 11.1 Å². The molecular weight excluding hydrogens is 354 g/mol. The molecule has 0 radical (unpaired) electrons. The van der Waals surface area contributed by atoms with Crippen molar-refractivity contribution in [3.63, 3.8) is 0 Å². The highest BCUT2D eigenvalue weighted by atomic mass is 32.2. The van der Waals surface area contributed by atoms with Crippen molar-refractivity contribution in [3.05, 3.63) is 64.2 Å². The zero-order valence-corrected chi connectivity index (χ0v) is 16.7. The lowest BCUT2D eigenvalue weighted by Gasteiger charge is -2.12. The van der Waals surface area contributed by atoms with Gasteiger partial charge in [0.15, 0.2) is 0 Å². The van der Waals surface area contributed by atoms with Crippen LogP contribution in [0.2, 0.25) is 0 Å². The van der Waals surface area contributed by atoms with Crippen LogP contribution in [0.4, 0.5) is 5.69 Å². The van der Waals surface area contributed by atoms with Crippen LogP contribution >= 0.6 is 11.8 Å². The summed E-state index contributed by atoms with van der Waals surface area (Å²) in [6, 6.07) is 14.0. The molecule has 0 aliphatic heterocycles. The molecular formula is C22H21N3OS. The number of para-hydroxylation sites is 1. The first-order chi connectivity index (χ1) is 12.9. The number of pyridine rings is 1. The molecule has 5 heteroatoms. The number of rotatable bonds is 4. The van der Waals surface area contributed by atoms with Crippen molar-refractivity contribution in [1.82, 2.24) is 4.98 Å². The summed E-state index contributed by atoms with van der Waals surface area (Å²) in [5.41, 5.74) is 6.57. The molecule has 1 heterocycles. The topological polar surface area (TPSA) is 65.8 Å². The number of nitriles is 1. The lowest BCUT2D eigenvalue weighted by Crippen LogP contribution is -2.16. The minimum atomic E-state index is -0.108. The highest BCUT2D eigenvalue weighted by Crippen LogP contribution is 2.27. The third-order valence-corrected chi connectivity index (χ3v) is 5.59. The number of aromatic nitrogens is 1. The summed E-state index contributed by atoms with van der Waals surface area (Å²) in [6.07, 6.45) is 0. The largest absolute Gasteiger partial charge is 0.325 e. The molecule has 0 atom stereocenters. The van der Waals surface area contributed by atoms with Crippen LogP contribution < -0.4 is 5.32 Å². The molecule has 1 amide bonds. The third kappa shape index (κ3) is 4.12. The van der Waals surface area contributed by atoms with Crippen LogP contribution in [0.15, 0.2) is 41.4 Å². The van der Waals surface area contributed by atoms with Crippen molar-refractivity contribution >= 4 is 34.3 Å². The Balaban J connectivity index is 1.81. The minimum Gasteiger partial charge on any atom is -0.325 e. The molecule has 0 fully saturated rings. The fraction of sp³-hybridized carbons (Fsp3) is 0.227. The van der Waals surface area contributed by atoms with E-state index in [-0.39, 0.29) is 11.7 Å². The van der Waals surface area contributed by atoms with Gasteiger partial charge in [-0.3, -0.25) is 4.79 Å². The number of carbonyl (C=O) groups is 1. The zero-order valence-electron chi connectivity index (χ0n) is 15.9. The Morgan fingerprint density at radius 1 is 1.07 bits per heavy atom. The number of hydrogen-bond acceptors (Lipinski definition) is 4. The predicted octanol–water partition coefficient (Wildman–Crippen LogP) is 5.07. The molecule has 0 bridgehead atoms. The molecule has 3 rings (SSSR count). The van der Waals surface area contributed by atoms with Crippen molar-refractivity contribution in [3.8, 4) is 6.07 Å². The Labute approximate surface area is 163 Å². The number of carbonyl (C=O) groups excluding carboxylic acids is 1. The average molecular weight is 375 g/mol. The van der Waals surface area contributed by atoms with Gasteiger partial charge in [0.1, 0.15) is 11.1 Å². The quantitative estimate of drug-likeness (QED) is 0.647. The molecule has 27 heavy (non-hydrogen) atoms. The monoisotopic (exact) mass is 375 g/mol. The van der Waals surface area contributed by atoms with E-state index in [4.69, 9.17) is 0 Å². The normalized spacial score (nSPS) is 10.6. The van der Waals surface area contributed by atoms with E-state index in [1.165, 1.54) is 17.3 Å². The second kappa shape index (κ2) is 7.81.